The van der Waals surface area contributed by atoms with Gasteiger partial charge in [0.25, 0.3) is 0 Å². The van der Waals surface area contributed by atoms with E-state index in [0.29, 0.717) is 5.69 Å². The summed E-state index contributed by atoms with van der Waals surface area (Å²) in [4.78, 5) is 56.1. The molecule has 0 saturated heterocycles. The van der Waals surface area contributed by atoms with Crippen molar-refractivity contribution in [3.05, 3.63) is 54.1 Å². The molecule has 3 amide bonds. The predicted molar refractivity (Wildman–Crippen MR) is 123 cm³/mol. The van der Waals surface area contributed by atoms with Crippen LogP contribution < -0.4 is 21.7 Å². The van der Waals surface area contributed by atoms with Crippen molar-refractivity contribution in [2.75, 3.05) is 5.75 Å². The number of carboxylic acids is 1. The molecule has 33 heavy (non-hydrogen) atoms. The van der Waals surface area contributed by atoms with Crippen LogP contribution in [0.1, 0.15) is 18.2 Å². The van der Waals surface area contributed by atoms with Crippen LogP contribution in [-0.2, 0) is 32.0 Å². The second-order valence-corrected chi connectivity index (χ2v) is 7.80. The average molecular weight is 477 g/mol. The van der Waals surface area contributed by atoms with Crippen LogP contribution in [0, 0.1) is 0 Å². The number of aromatic amines is 1. The molecule has 12 heteroatoms. The number of imidazole rings is 1. The molecule has 2 rings (SSSR count). The summed E-state index contributed by atoms with van der Waals surface area (Å²) in [5.74, 6) is -3.00. The van der Waals surface area contributed by atoms with Gasteiger partial charge < -0.3 is 31.8 Å². The van der Waals surface area contributed by atoms with E-state index in [-0.39, 0.29) is 18.6 Å². The summed E-state index contributed by atoms with van der Waals surface area (Å²) >= 11 is 3.95. The molecule has 0 spiro atoms. The highest BCUT2D eigenvalue weighted by molar-refractivity contribution is 7.80. The first-order valence-electron chi connectivity index (χ1n) is 10.2. The normalized spacial score (nSPS) is 14.4. The maximum absolute atomic E-state index is 13.0. The number of aromatic nitrogens is 2. The molecule has 0 bridgehead atoms. The van der Waals surface area contributed by atoms with Gasteiger partial charge in [0, 0.05) is 24.8 Å². The summed E-state index contributed by atoms with van der Waals surface area (Å²) in [6, 6.07) is 4.64. The zero-order valence-corrected chi connectivity index (χ0v) is 18.9. The molecule has 2 aromatic rings. The van der Waals surface area contributed by atoms with Crippen LogP contribution in [0.4, 0.5) is 0 Å². The lowest BCUT2D eigenvalue weighted by Gasteiger charge is -2.23. The molecular formula is C21H28N6O5S. The van der Waals surface area contributed by atoms with Gasteiger partial charge in [0.15, 0.2) is 0 Å². The fourth-order valence-electron chi connectivity index (χ4n) is 2.91. The van der Waals surface area contributed by atoms with Gasteiger partial charge in [0.2, 0.25) is 17.7 Å². The zero-order valence-electron chi connectivity index (χ0n) is 18.0. The van der Waals surface area contributed by atoms with Gasteiger partial charge in [0.05, 0.1) is 18.1 Å². The number of amides is 3. The Morgan fingerprint density at radius 3 is 2.27 bits per heavy atom. The fourth-order valence-corrected chi connectivity index (χ4v) is 3.07. The first-order chi connectivity index (χ1) is 15.7. The molecule has 0 saturated carbocycles. The number of carbonyl (C=O) groups excluding carboxylic acids is 3. The number of benzene rings is 1. The number of carbonyl (C=O) groups is 4. The van der Waals surface area contributed by atoms with Gasteiger partial charge in [-0.1, -0.05) is 30.3 Å². The number of nitrogens with two attached hydrogens (primary N) is 1. The Morgan fingerprint density at radius 1 is 1.03 bits per heavy atom. The van der Waals surface area contributed by atoms with E-state index >= 15 is 0 Å². The van der Waals surface area contributed by atoms with Crippen molar-refractivity contribution in [1.82, 2.24) is 25.9 Å². The average Bonchev–Trinajstić information content (AvgIpc) is 3.31. The number of carboxylic acid groups (broad SMARTS) is 1. The topological polar surface area (TPSA) is 179 Å². The van der Waals surface area contributed by atoms with Gasteiger partial charge in [-0.3, -0.25) is 14.4 Å². The Labute approximate surface area is 196 Å². The van der Waals surface area contributed by atoms with Crippen LogP contribution >= 0.6 is 12.6 Å². The van der Waals surface area contributed by atoms with Crippen LogP contribution in [-0.4, -0.2) is 68.7 Å². The summed E-state index contributed by atoms with van der Waals surface area (Å²) in [6.07, 6.45) is 3.06. The van der Waals surface area contributed by atoms with E-state index in [1.54, 1.807) is 36.5 Å². The van der Waals surface area contributed by atoms with Gasteiger partial charge in [-0.2, -0.15) is 12.6 Å². The molecule has 0 aliphatic rings. The standard InChI is InChI=1S/C21H28N6O5S/c1-12(25-19(29)15(22)10-33)18(28)26-16(8-14-9-23-11-24-14)20(30)27-17(21(31)32)7-13-5-3-2-4-6-13/h2-6,9,11-12,15-17,33H,7-8,10,22H2,1H3,(H,23,24)(H,25,29)(H,26,28)(H,27,30)(H,31,32)/t12-,15+,16-,17+/m0/s1. The first-order valence-corrected chi connectivity index (χ1v) is 10.9. The summed E-state index contributed by atoms with van der Waals surface area (Å²) in [6.45, 7) is 1.44. The second-order valence-electron chi connectivity index (χ2n) is 7.43. The van der Waals surface area contributed by atoms with Crippen molar-refractivity contribution in [3.8, 4) is 0 Å². The van der Waals surface area contributed by atoms with Crippen LogP contribution in [0.25, 0.3) is 0 Å². The maximum Gasteiger partial charge on any atom is 0.326 e. The van der Waals surface area contributed by atoms with Crippen LogP contribution in [0.15, 0.2) is 42.9 Å². The van der Waals surface area contributed by atoms with Crippen LogP contribution in [0.2, 0.25) is 0 Å². The Morgan fingerprint density at radius 2 is 1.70 bits per heavy atom. The van der Waals surface area contributed by atoms with Crippen molar-refractivity contribution >= 4 is 36.3 Å². The Balaban J connectivity index is 2.11. The van der Waals surface area contributed by atoms with E-state index in [0.717, 1.165) is 5.56 Å². The lowest BCUT2D eigenvalue weighted by atomic mass is 10.0. The summed E-state index contributed by atoms with van der Waals surface area (Å²) in [7, 11) is 0. The smallest absolute Gasteiger partial charge is 0.326 e. The Kier molecular flexibility index (Phi) is 9.88. The molecule has 1 aromatic carbocycles. The predicted octanol–water partition coefficient (Wildman–Crippen LogP) is -0.989. The minimum Gasteiger partial charge on any atom is -0.480 e. The SMILES string of the molecule is C[C@H](NC(=O)[C@H](N)CS)C(=O)N[C@@H](Cc1c[nH]cn1)C(=O)N[C@H](Cc1ccccc1)C(=O)O. The number of rotatable bonds is 12. The van der Waals surface area contributed by atoms with E-state index in [4.69, 9.17) is 5.73 Å². The van der Waals surface area contributed by atoms with E-state index in [2.05, 4.69) is 38.5 Å². The third kappa shape index (κ3) is 8.24. The van der Waals surface area contributed by atoms with Crippen molar-refractivity contribution in [1.29, 1.82) is 0 Å². The lowest BCUT2D eigenvalue weighted by molar-refractivity contribution is -0.142. The van der Waals surface area contributed by atoms with E-state index in [9.17, 15) is 24.3 Å². The quantitative estimate of drug-likeness (QED) is 0.192. The highest BCUT2D eigenvalue weighted by Gasteiger charge is 2.29. The van der Waals surface area contributed by atoms with Gasteiger partial charge in [-0.05, 0) is 12.5 Å². The van der Waals surface area contributed by atoms with Crippen LogP contribution in [0.3, 0.4) is 0 Å². The highest BCUT2D eigenvalue weighted by atomic mass is 32.1. The van der Waals surface area contributed by atoms with E-state index in [1.807, 2.05) is 0 Å². The monoisotopic (exact) mass is 476 g/mol. The molecule has 4 atom stereocenters. The molecular weight excluding hydrogens is 448 g/mol. The second kappa shape index (κ2) is 12.6. The molecule has 0 radical (unpaired) electrons. The highest BCUT2D eigenvalue weighted by Crippen LogP contribution is 2.06. The number of hydrogen-bond acceptors (Lipinski definition) is 7. The molecule has 0 fully saturated rings. The lowest BCUT2D eigenvalue weighted by Crippen LogP contribution is -2.57. The van der Waals surface area contributed by atoms with Gasteiger partial charge in [0.1, 0.15) is 18.1 Å². The van der Waals surface area contributed by atoms with Crippen molar-refractivity contribution in [2.24, 2.45) is 5.73 Å². The number of aliphatic carboxylic acids is 1. The largest absolute Gasteiger partial charge is 0.480 e. The minimum absolute atomic E-state index is 0.00949. The summed E-state index contributed by atoms with van der Waals surface area (Å²) in [5, 5.41) is 17.1. The van der Waals surface area contributed by atoms with Crippen LogP contribution in [0.5, 0.6) is 0 Å². The summed E-state index contributed by atoms with van der Waals surface area (Å²) < 4.78 is 0. The Hall–Kier alpha value is -3.38. The van der Waals surface area contributed by atoms with E-state index in [1.165, 1.54) is 13.3 Å². The number of H-pyrrole nitrogens is 1. The molecule has 0 unspecified atom stereocenters. The third-order valence-corrected chi connectivity index (χ3v) is 5.18. The van der Waals surface area contributed by atoms with E-state index < -0.39 is 47.9 Å². The molecule has 7 N–H and O–H groups in total. The Bertz CT molecular complexity index is 940. The molecule has 11 nitrogen and oxygen atoms in total. The molecule has 1 aromatic heterocycles. The fraction of sp³-hybridized carbons (Fsp3) is 0.381. The number of nitrogens with one attached hydrogen (secondary N) is 4. The van der Waals surface area contributed by atoms with Gasteiger partial charge >= 0.3 is 5.97 Å². The van der Waals surface area contributed by atoms with Crippen molar-refractivity contribution in [2.45, 2.75) is 43.9 Å². The maximum atomic E-state index is 13.0. The number of hydrogen-bond donors (Lipinski definition) is 7. The van der Waals surface area contributed by atoms with Gasteiger partial charge in [-0.15, -0.1) is 0 Å². The zero-order chi connectivity index (χ0) is 24.4. The molecule has 1 heterocycles. The molecule has 0 aliphatic heterocycles. The minimum atomic E-state index is -1.21. The number of nitrogens with zero attached hydrogens (tertiary/aromatic N) is 1. The third-order valence-electron chi connectivity index (χ3n) is 4.78. The number of thiol groups is 1. The first kappa shape index (κ1) is 25.9. The summed E-state index contributed by atoms with van der Waals surface area (Å²) in [5.41, 5.74) is 6.82. The molecule has 178 valence electrons. The van der Waals surface area contributed by atoms with Crippen molar-refractivity contribution < 1.29 is 24.3 Å². The molecule has 0 aliphatic carbocycles. The van der Waals surface area contributed by atoms with Crippen molar-refractivity contribution in [3.63, 3.8) is 0 Å². The van der Waals surface area contributed by atoms with Gasteiger partial charge in [-0.25, -0.2) is 9.78 Å².